The summed E-state index contributed by atoms with van der Waals surface area (Å²) in [5, 5.41) is 4.12. The Hall–Kier alpha value is -4.24. The van der Waals surface area contributed by atoms with E-state index in [1.807, 2.05) is 28.8 Å². The van der Waals surface area contributed by atoms with Crippen LogP contribution in [0.3, 0.4) is 0 Å². The maximum atomic E-state index is 12.6. The Morgan fingerprint density at radius 3 is 2.82 bits per heavy atom. The van der Waals surface area contributed by atoms with Gasteiger partial charge in [0.25, 0.3) is 5.91 Å². The van der Waals surface area contributed by atoms with E-state index < -0.39 is 0 Å². The van der Waals surface area contributed by atoms with Gasteiger partial charge in [0.15, 0.2) is 11.5 Å². The third-order valence-corrected chi connectivity index (χ3v) is 6.23. The third-order valence-electron chi connectivity index (χ3n) is 6.23. The van der Waals surface area contributed by atoms with E-state index in [9.17, 15) is 4.79 Å². The molecule has 1 aliphatic rings. The number of nitrogens with zero attached hydrogens (tertiary/aromatic N) is 4. The highest BCUT2D eigenvalue weighted by Crippen LogP contribution is 2.30. The molecule has 1 aliphatic carbocycles. The molecule has 1 amide bonds. The number of hydrogen-bond acceptors (Lipinski definition) is 6. The van der Waals surface area contributed by atoms with Crippen LogP contribution >= 0.6 is 0 Å². The lowest BCUT2D eigenvalue weighted by molar-refractivity contribution is 0.0951. The smallest absolute Gasteiger partial charge is 0.251 e. The van der Waals surface area contributed by atoms with Crippen LogP contribution in [0.25, 0.3) is 33.2 Å². The number of carbonyl (C=O) groups is 1. The van der Waals surface area contributed by atoms with E-state index in [1.54, 1.807) is 6.33 Å². The number of aromatic nitrogens is 5. The monoisotopic (exact) mass is 452 g/mol. The predicted octanol–water partition coefficient (Wildman–Crippen LogP) is 2.96. The quantitative estimate of drug-likeness (QED) is 0.312. The van der Waals surface area contributed by atoms with Gasteiger partial charge in [0.2, 0.25) is 0 Å². The van der Waals surface area contributed by atoms with E-state index in [-0.39, 0.29) is 5.91 Å². The van der Waals surface area contributed by atoms with Gasteiger partial charge in [-0.3, -0.25) is 4.79 Å². The molecule has 2 aromatic carbocycles. The van der Waals surface area contributed by atoms with Crippen LogP contribution in [0.5, 0.6) is 0 Å². The van der Waals surface area contributed by atoms with Gasteiger partial charge in [0.05, 0.1) is 18.4 Å². The number of anilines is 1. The number of nitrogen functional groups attached to an aromatic ring is 1. The summed E-state index contributed by atoms with van der Waals surface area (Å²) in [7, 11) is 0. The molecule has 6 N–H and O–H groups in total. The third kappa shape index (κ3) is 3.65. The molecule has 5 aromatic rings. The fourth-order valence-corrected chi connectivity index (χ4v) is 4.31. The van der Waals surface area contributed by atoms with E-state index in [0.29, 0.717) is 41.7 Å². The number of aromatic amines is 1. The van der Waals surface area contributed by atoms with E-state index in [1.165, 1.54) is 6.33 Å². The zero-order chi connectivity index (χ0) is 23.2. The lowest BCUT2D eigenvalue weighted by Crippen LogP contribution is -2.25. The van der Waals surface area contributed by atoms with Crippen molar-refractivity contribution in [2.45, 2.75) is 32.0 Å². The van der Waals surface area contributed by atoms with Crippen LogP contribution in [0.2, 0.25) is 0 Å². The highest BCUT2D eigenvalue weighted by Gasteiger charge is 2.24. The first-order chi connectivity index (χ1) is 16.6. The topological polar surface area (TPSA) is 141 Å². The van der Waals surface area contributed by atoms with Gasteiger partial charge in [0.1, 0.15) is 11.8 Å². The molecule has 0 aliphatic heterocycles. The average molecular weight is 453 g/mol. The molecule has 34 heavy (non-hydrogen) atoms. The molecular weight excluding hydrogens is 428 g/mol. The average Bonchev–Trinajstić information content (AvgIpc) is 3.41. The van der Waals surface area contributed by atoms with Crippen molar-refractivity contribution in [1.82, 2.24) is 29.8 Å². The van der Waals surface area contributed by atoms with Crippen LogP contribution in [0.4, 0.5) is 5.82 Å². The van der Waals surface area contributed by atoms with Crippen LogP contribution < -0.4 is 16.8 Å². The van der Waals surface area contributed by atoms with Crippen LogP contribution in [-0.4, -0.2) is 36.5 Å². The number of benzene rings is 2. The molecule has 0 bridgehead atoms. The Bertz CT molecular complexity index is 1550. The van der Waals surface area contributed by atoms with Gasteiger partial charge in [-0.15, -0.1) is 0 Å². The molecule has 170 valence electrons. The molecule has 0 atom stereocenters. The molecule has 0 radical (unpaired) electrons. The zero-order valence-corrected chi connectivity index (χ0v) is 18.5. The molecule has 0 spiro atoms. The van der Waals surface area contributed by atoms with Gasteiger partial charge >= 0.3 is 0 Å². The highest BCUT2D eigenvalue weighted by atomic mass is 16.1. The van der Waals surface area contributed by atoms with E-state index in [0.717, 1.165) is 46.1 Å². The summed E-state index contributed by atoms with van der Waals surface area (Å²) >= 11 is 0. The Kier molecular flexibility index (Phi) is 4.77. The van der Waals surface area contributed by atoms with Crippen molar-refractivity contribution < 1.29 is 4.79 Å². The first-order valence-electron chi connectivity index (χ1n) is 11.3. The lowest BCUT2D eigenvalue weighted by Gasteiger charge is -2.11. The van der Waals surface area contributed by atoms with E-state index >= 15 is 0 Å². The Balaban J connectivity index is 1.44. The second-order valence-electron chi connectivity index (χ2n) is 8.73. The SMILES string of the molecule is NCc1cc2cc(-c3cccc(C(=O)NC4CC4)c3)cc(Cn3cnc4c(N)ncnc43)c2[nH]1. The molecule has 1 fully saturated rings. The zero-order valence-electron chi connectivity index (χ0n) is 18.5. The first-order valence-corrected chi connectivity index (χ1v) is 11.3. The molecule has 0 saturated heterocycles. The standard InChI is InChI=1S/C25H24N8O/c26-10-20-9-17-7-16(14-2-1-3-15(6-14)25(34)32-19-4-5-19)8-18(21(17)31-20)11-33-13-30-22-23(27)28-12-29-24(22)33/h1-3,6-9,12-13,19,31H,4-5,10-11,26H2,(H,32,34)(H2,27,28,29). The number of rotatable bonds is 6. The molecule has 6 rings (SSSR count). The number of imidazole rings is 1. The summed E-state index contributed by atoms with van der Waals surface area (Å²) < 4.78 is 1.95. The second kappa shape index (κ2) is 7.96. The Morgan fingerprint density at radius 1 is 1.12 bits per heavy atom. The number of amides is 1. The van der Waals surface area contributed by atoms with Crippen molar-refractivity contribution in [3.63, 3.8) is 0 Å². The molecule has 1 saturated carbocycles. The van der Waals surface area contributed by atoms with Crippen molar-refractivity contribution in [1.29, 1.82) is 0 Å². The van der Waals surface area contributed by atoms with Crippen molar-refractivity contribution in [2.24, 2.45) is 5.73 Å². The number of carbonyl (C=O) groups excluding carboxylic acids is 1. The summed E-state index contributed by atoms with van der Waals surface area (Å²) in [5.41, 5.74) is 18.8. The number of hydrogen-bond donors (Lipinski definition) is 4. The van der Waals surface area contributed by atoms with Gasteiger partial charge in [-0.1, -0.05) is 12.1 Å². The van der Waals surface area contributed by atoms with Crippen molar-refractivity contribution in [2.75, 3.05) is 5.73 Å². The number of H-pyrrole nitrogens is 1. The molecule has 3 aromatic heterocycles. The summed E-state index contributed by atoms with van der Waals surface area (Å²) in [6.07, 6.45) is 5.29. The Labute approximate surface area is 195 Å². The molecule has 3 heterocycles. The summed E-state index contributed by atoms with van der Waals surface area (Å²) in [6, 6.07) is 14.4. The summed E-state index contributed by atoms with van der Waals surface area (Å²) in [4.78, 5) is 28.8. The normalized spacial score (nSPS) is 13.6. The molecule has 9 nitrogen and oxygen atoms in total. The predicted molar refractivity (Wildman–Crippen MR) is 131 cm³/mol. The minimum Gasteiger partial charge on any atom is -0.382 e. The minimum absolute atomic E-state index is 0.0279. The maximum absolute atomic E-state index is 12.6. The minimum atomic E-state index is -0.0279. The van der Waals surface area contributed by atoms with Crippen LogP contribution in [0.15, 0.2) is 55.1 Å². The van der Waals surface area contributed by atoms with Gasteiger partial charge < -0.3 is 26.3 Å². The van der Waals surface area contributed by atoms with Crippen molar-refractivity contribution in [3.8, 4) is 11.1 Å². The maximum Gasteiger partial charge on any atom is 0.251 e. The second-order valence-corrected chi connectivity index (χ2v) is 8.73. The molecule has 0 unspecified atom stereocenters. The number of fused-ring (bicyclic) bond motifs is 2. The van der Waals surface area contributed by atoms with Crippen LogP contribution in [0, 0.1) is 0 Å². The summed E-state index contributed by atoms with van der Waals surface area (Å²) in [6.45, 7) is 0.946. The van der Waals surface area contributed by atoms with Gasteiger partial charge in [-0.25, -0.2) is 15.0 Å². The van der Waals surface area contributed by atoms with Crippen molar-refractivity contribution >= 4 is 33.8 Å². The first kappa shape index (κ1) is 20.4. The van der Waals surface area contributed by atoms with Gasteiger partial charge in [-0.05, 0) is 59.9 Å². The molecular formula is C25H24N8O. The van der Waals surface area contributed by atoms with Gasteiger partial charge in [-0.2, -0.15) is 0 Å². The molecule has 9 heteroatoms. The fourth-order valence-electron chi connectivity index (χ4n) is 4.31. The van der Waals surface area contributed by atoms with Gasteiger partial charge in [0, 0.05) is 29.2 Å². The fraction of sp³-hybridized carbons (Fsp3) is 0.200. The van der Waals surface area contributed by atoms with E-state index in [2.05, 4.69) is 43.5 Å². The number of nitrogens with two attached hydrogens (primary N) is 2. The van der Waals surface area contributed by atoms with E-state index in [4.69, 9.17) is 11.5 Å². The number of nitrogens with one attached hydrogen (secondary N) is 2. The van der Waals surface area contributed by atoms with Crippen molar-refractivity contribution in [3.05, 3.63) is 71.9 Å². The van der Waals surface area contributed by atoms with Crippen LogP contribution in [0.1, 0.15) is 34.5 Å². The summed E-state index contributed by atoms with van der Waals surface area (Å²) in [5.74, 6) is 0.328. The highest BCUT2D eigenvalue weighted by molar-refractivity contribution is 5.96. The van der Waals surface area contributed by atoms with Crippen LogP contribution in [-0.2, 0) is 13.1 Å². The largest absolute Gasteiger partial charge is 0.382 e. The Morgan fingerprint density at radius 2 is 2.00 bits per heavy atom. The lowest BCUT2D eigenvalue weighted by atomic mass is 9.98.